The number of hydrogen-bond donors (Lipinski definition) is 1. The molecule has 3 rings (SSSR count). The molecular formula is C16H13F2NS. The Hall–Kier alpha value is -1.94. The van der Waals surface area contributed by atoms with Gasteiger partial charge in [-0.25, -0.2) is 8.78 Å². The van der Waals surface area contributed by atoms with Gasteiger partial charge in [-0.15, -0.1) is 11.3 Å². The topological polar surface area (TPSA) is 12.0 Å². The van der Waals surface area contributed by atoms with E-state index in [0.717, 1.165) is 11.3 Å². The Morgan fingerprint density at radius 2 is 1.95 bits per heavy atom. The molecule has 3 aromatic rings. The van der Waals surface area contributed by atoms with Crippen molar-refractivity contribution in [3.05, 3.63) is 65.0 Å². The van der Waals surface area contributed by atoms with Crippen LogP contribution < -0.4 is 5.32 Å². The van der Waals surface area contributed by atoms with E-state index in [1.165, 1.54) is 16.2 Å². The Balaban J connectivity index is 1.73. The van der Waals surface area contributed by atoms with Gasteiger partial charge in [0.05, 0.1) is 0 Å². The van der Waals surface area contributed by atoms with Crippen LogP contribution in [0.2, 0.25) is 0 Å². The molecule has 1 nitrogen and oxygen atoms in total. The Morgan fingerprint density at radius 3 is 2.80 bits per heavy atom. The maximum absolute atomic E-state index is 12.6. The highest BCUT2D eigenvalue weighted by molar-refractivity contribution is 7.17. The summed E-state index contributed by atoms with van der Waals surface area (Å²) in [6, 6.07) is 14.7. The van der Waals surface area contributed by atoms with E-state index in [1.54, 1.807) is 23.5 Å². The normalized spacial score (nSPS) is 11.2. The molecule has 0 radical (unpaired) electrons. The van der Waals surface area contributed by atoms with Crippen molar-refractivity contribution in [3.63, 3.8) is 0 Å². The minimum atomic E-state index is -2.42. The van der Waals surface area contributed by atoms with E-state index >= 15 is 0 Å². The third-order valence-corrected chi connectivity index (χ3v) is 4.05. The third kappa shape index (κ3) is 2.80. The van der Waals surface area contributed by atoms with Crippen molar-refractivity contribution in [2.75, 3.05) is 5.32 Å². The van der Waals surface area contributed by atoms with Crippen molar-refractivity contribution < 1.29 is 8.78 Å². The number of fused-ring (bicyclic) bond motifs is 1. The lowest BCUT2D eigenvalue weighted by molar-refractivity contribution is 0.151. The molecule has 4 heteroatoms. The van der Waals surface area contributed by atoms with Crippen LogP contribution in [0.1, 0.15) is 17.6 Å². The van der Waals surface area contributed by atoms with Crippen LogP contribution in [0.3, 0.4) is 0 Å². The van der Waals surface area contributed by atoms with E-state index in [9.17, 15) is 8.78 Å². The molecule has 102 valence electrons. The third-order valence-electron chi connectivity index (χ3n) is 3.15. The summed E-state index contributed by atoms with van der Waals surface area (Å²) < 4.78 is 26.5. The van der Waals surface area contributed by atoms with E-state index in [1.807, 2.05) is 12.1 Å². The highest BCUT2D eigenvalue weighted by Gasteiger charge is 2.06. The van der Waals surface area contributed by atoms with Gasteiger partial charge in [0.2, 0.25) is 0 Å². The minimum Gasteiger partial charge on any atom is -0.381 e. The molecule has 1 heterocycles. The van der Waals surface area contributed by atoms with Crippen LogP contribution >= 0.6 is 11.3 Å². The second-order valence-corrected chi connectivity index (χ2v) is 5.52. The Bertz CT molecular complexity index is 721. The lowest BCUT2D eigenvalue weighted by Gasteiger charge is -2.08. The first-order valence-corrected chi connectivity index (χ1v) is 7.18. The van der Waals surface area contributed by atoms with E-state index < -0.39 is 6.43 Å². The van der Waals surface area contributed by atoms with E-state index in [4.69, 9.17) is 0 Å². The van der Waals surface area contributed by atoms with Gasteiger partial charge in [0.1, 0.15) is 0 Å². The molecule has 0 aliphatic heterocycles. The highest BCUT2D eigenvalue weighted by Crippen LogP contribution is 2.24. The predicted molar refractivity (Wildman–Crippen MR) is 80.6 cm³/mol. The number of alkyl halides is 2. The van der Waals surface area contributed by atoms with Crippen LogP contribution in [0.5, 0.6) is 0 Å². The molecular weight excluding hydrogens is 276 g/mol. The average molecular weight is 289 g/mol. The van der Waals surface area contributed by atoms with Crippen molar-refractivity contribution in [1.29, 1.82) is 0 Å². The van der Waals surface area contributed by atoms with Crippen LogP contribution in [0.25, 0.3) is 10.1 Å². The minimum absolute atomic E-state index is 0.0672. The van der Waals surface area contributed by atoms with Gasteiger partial charge < -0.3 is 5.32 Å². The summed E-state index contributed by atoms with van der Waals surface area (Å²) in [6.07, 6.45) is -2.42. The molecule has 0 aliphatic rings. The fourth-order valence-corrected chi connectivity index (χ4v) is 2.89. The zero-order valence-corrected chi connectivity index (χ0v) is 11.5. The maximum atomic E-state index is 12.6. The number of thiophene rings is 1. The molecule has 0 saturated heterocycles. The van der Waals surface area contributed by atoms with E-state index in [2.05, 4.69) is 28.9 Å². The second-order valence-electron chi connectivity index (χ2n) is 4.57. The SMILES string of the molecule is FC(F)c1cccc(CNc2ccc3sccc3c2)c1. The zero-order chi connectivity index (χ0) is 13.9. The monoisotopic (exact) mass is 289 g/mol. The highest BCUT2D eigenvalue weighted by atomic mass is 32.1. The summed E-state index contributed by atoms with van der Waals surface area (Å²) in [5.74, 6) is 0. The summed E-state index contributed by atoms with van der Waals surface area (Å²) in [5, 5.41) is 6.52. The Morgan fingerprint density at radius 1 is 1.05 bits per heavy atom. The predicted octanol–water partition coefficient (Wildman–Crippen LogP) is 5.45. The largest absolute Gasteiger partial charge is 0.381 e. The molecule has 2 aromatic carbocycles. The van der Waals surface area contributed by atoms with Crippen LogP contribution in [-0.2, 0) is 6.54 Å². The van der Waals surface area contributed by atoms with Gasteiger partial charge in [-0.3, -0.25) is 0 Å². The van der Waals surface area contributed by atoms with Crippen molar-refractivity contribution >= 4 is 27.1 Å². The second kappa shape index (κ2) is 5.59. The summed E-state index contributed by atoms with van der Waals surface area (Å²) >= 11 is 1.70. The number of nitrogens with one attached hydrogen (secondary N) is 1. The van der Waals surface area contributed by atoms with Gasteiger partial charge in [-0.05, 0) is 46.7 Å². The molecule has 0 unspecified atom stereocenters. The first-order chi connectivity index (χ1) is 9.72. The molecule has 0 spiro atoms. The van der Waals surface area contributed by atoms with Gasteiger partial charge in [-0.2, -0.15) is 0 Å². The van der Waals surface area contributed by atoms with Crippen LogP contribution in [0.4, 0.5) is 14.5 Å². The van der Waals surface area contributed by atoms with Gasteiger partial charge >= 0.3 is 0 Å². The van der Waals surface area contributed by atoms with Gasteiger partial charge in [0.25, 0.3) is 6.43 Å². The summed E-state index contributed by atoms with van der Waals surface area (Å²) in [5.41, 5.74) is 1.92. The number of halogens is 2. The molecule has 0 saturated carbocycles. The molecule has 0 aliphatic carbocycles. The molecule has 1 aromatic heterocycles. The van der Waals surface area contributed by atoms with Gasteiger partial charge in [0.15, 0.2) is 0 Å². The number of benzene rings is 2. The summed E-state index contributed by atoms with van der Waals surface area (Å²) in [6.45, 7) is 0.538. The van der Waals surface area contributed by atoms with Gasteiger partial charge in [0, 0.05) is 22.5 Å². The van der Waals surface area contributed by atoms with Crippen LogP contribution in [0, 0.1) is 0 Å². The fourth-order valence-electron chi connectivity index (χ4n) is 2.12. The number of rotatable bonds is 4. The maximum Gasteiger partial charge on any atom is 0.263 e. The first-order valence-electron chi connectivity index (χ1n) is 6.30. The molecule has 0 bridgehead atoms. The summed E-state index contributed by atoms with van der Waals surface area (Å²) in [4.78, 5) is 0. The smallest absolute Gasteiger partial charge is 0.263 e. The molecule has 20 heavy (non-hydrogen) atoms. The molecule has 0 fully saturated rings. The van der Waals surface area contributed by atoms with E-state index in [-0.39, 0.29) is 5.56 Å². The zero-order valence-electron chi connectivity index (χ0n) is 10.6. The Labute approximate surface area is 119 Å². The molecule has 0 amide bonds. The average Bonchev–Trinajstić information content (AvgIpc) is 2.93. The molecule has 1 N–H and O–H groups in total. The van der Waals surface area contributed by atoms with Crippen LogP contribution in [0.15, 0.2) is 53.9 Å². The quantitative estimate of drug-likeness (QED) is 0.673. The Kier molecular flexibility index (Phi) is 3.65. The number of hydrogen-bond acceptors (Lipinski definition) is 2. The molecule has 0 atom stereocenters. The fraction of sp³-hybridized carbons (Fsp3) is 0.125. The van der Waals surface area contributed by atoms with Gasteiger partial charge in [-0.1, -0.05) is 18.2 Å². The summed E-state index contributed by atoms with van der Waals surface area (Å²) in [7, 11) is 0. The standard InChI is InChI=1S/C16H13F2NS/c17-16(18)13-3-1-2-11(8-13)10-19-14-4-5-15-12(9-14)6-7-20-15/h1-9,16,19H,10H2. The first kappa shape index (κ1) is 13.1. The van der Waals surface area contributed by atoms with Crippen molar-refractivity contribution in [3.8, 4) is 0 Å². The number of anilines is 1. The van der Waals surface area contributed by atoms with Crippen molar-refractivity contribution in [1.82, 2.24) is 0 Å². The lowest BCUT2D eigenvalue weighted by atomic mass is 10.1. The van der Waals surface area contributed by atoms with E-state index in [0.29, 0.717) is 6.54 Å². The van der Waals surface area contributed by atoms with Crippen molar-refractivity contribution in [2.45, 2.75) is 13.0 Å². The van der Waals surface area contributed by atoms with Crippen molar-refractivity contribution in [2.24, 2.45) is 0 Å². The lowest BCUT2D eigenvalue weighted by Crippen LogP contribution is -1.99. The van der Waals surface area contributed by atoms with Crippen LogP contribution in [-0.4, -0.2) is 0 Å².